The summed E-state index contributed by atoms with van der Waals surface area (Å²) in [6, 6.07) is 7.70. The second-order valence-corrected chi connectivity index (χ2v) is 7.70. The van der Waals surface area contributed by atoms with Crippen LogP contribution in [0.5, 0.6) is 17.2 Å². The number of amides is 1. The highest BCUT2D eigenvalue weighted by atomic mass is 16.7. The van der Waals surface area contributed by atoms with Gasteiger partial charge in [0, 0.05) is 29.1 Å². The van der Waals surface area contributed by atoms with E-state index in [1.54, 1.807) is 6.08 Å². The largest absolute Gasteiger partial charge is 0.493 e. The third kappa shape index (κ3) is 3.98. The number of carbonyl (C=O) groups is 1. The highest BCUT2D eigenvalue weighted by Gasteiger charge is 2.19. The van der Waals surface area contributed by atoms with Crippen LogP contribution in [0.25, 0.3) is 16.5 Å². The number of hydrogen-bond acceptors (Lipinski definition) is 5. The molecule has 162 valence electrons. The first kappa shape index (κ1) is 20.8. The zero-order valence-corrected chi connectivity index (χ0v) is 18.5. The molecule has 0 unspecified atom stereocenters. The molecule has 1 N–H and O–H groups in total. The first-order valence-corrected chi connectivity index (χ1v) is 10.4. The Kier molecular flexibility index (Phi) is 5.63. The summed E-state index contributed by atoms with van der Waals surface area (Å²) in [6.07, 6.45) is 1.61. The maximum Gasteiger partial charge on any atom is 0.244 e. The molecule has 1 aliphatic heterocycles. The summed E-state index contributed by atoms with van der Waals surface area (Å²) in [5.74, 6) is 2.90. The first-order chi connectivity index (χ1) is 14.9. The van der Waals surface area contributed by atoms with Gasteiger partial charge in [-0.25, -0.2) is 0 Å². The van der Waals surface area contributed by atoms with Crippen molar-refractivity contribution in [2.75, 3.05) is 13.4 Å². The van der Waals surface area contributed by atoms with Gasteiger partial charge >= 0.3 is 0 Å². The average Bonchev–Trinajstić information content (AvgIpc) is 3.33. The number of furan rings is 1. The van der Waals surface area contributed by atoms with Crippen molar-refractivity contribution in [3.8, 4) is 17.2 Å². The van der Waals surface area contributed by atoms with Crippen LogP contribution < -0.4 is 19.5 Å². The zero-order valence-electron chi connectivity index (χ0n) is 18.5. The van der Waals surface area contributed by atoms with E-state index in [1.165, 1.54) is 0 Å². The summed E-state index contributed by atoms with van der Waals surface area (Å²) in [7, 11) is 0. The second-order valence-electron chi connectivity index (χ2n) is 7.70. The molecule has 2 heterocycles. The molecule has 1 aromatic heterocycles. The van der Waals surface area contributed by atoms with Crippen molar-refractivity contribution >= 4 is 22.4 Å². The Balaban J connectivity index is 1.58. The number of carbonyl (C=O) groups excluding carboxylic acids is 1. The van der Waals surface area contributed by atoms with Crippen LogP contribution in [0.4, 0.5) is 0 Å². The Morgan fingerprint density at radius 1 is 1.13 bits per heavy atom. The molecule has 31 heavy (non-hydrogen) atoms. The van der Waals surface area contributed by atoms with Gasteiger partial charge in [-0.05, 0) is 69.5 Å². The molecule has 0 fully saturated rings. The van der Waals surface area contributed by atoms with E-state index >= 15 is 0 Å². The van der Waals surface area contributed by atoms with E-state index in [0.29, 0.717) is 18.9 Å². The maximum atomic E-state index is 12.6. The summed E-state index contributed by atoms with van der Waals surface area (Å²) < 4.78 is 22.6. The highest BCUT2D eigenvalue weighted by molar-refractivity contribution is 5.98. The molecule has 4 rings (SSSR count). The molecule has 6 nitrogen and oxygen atoms in total. The van der Waals surface area contributed by atoms with Gasteiger partial charge < -0.3 is 23.9 Å². The van der Waals surface area contributed by atoms with Crippen molar-refractivity contribution in [1.82, 2.24) is 5.32 Å². The minimum Gasteiger partial charge on any atom is -0.493 e. The molecule has 2 aromatic carbocycles. The topological polar surface area (TPSA) is 69.9 Å². The van der Waals surface area contributed by atoms with Crippen LogP contribution in [0, 0.1) is 20.8 Å². The average molecular weight is 421 g/mol. The molecule has 0 bridgehead atoms. The zero-order chi connectivity index (χ0) is 22.1. The SMILES string of the molecule is CCOc1c(/C(C)=C/C(=O)NCc2ccc3c(c2)OCO3)cc2c(C)c(C)oc2c1C. The number of hydrogen-bond donors (Lipinski definition) is 1. The normalized spacial score (nSPS) is 13.0. The molecule has 1 amide bonds. The summed E-state index contributed by atoms with van der Waals surface area (Å²) in [5.41, 5.74) is 5.55. The number of fused-ring (bicyclic) bond motifs is 2. The van der Waals surface area contributed by atoms with Crippen molar-refractivity contribution in [3.63, 3.8) is 0 Å². The molecule has 0 aliphatic carbocycles. The summed E-state index contributed by atoms with van der Waals surface area (Å²) in [5, 5.41) is 3.98. The number of rotatable bonds is 6. The monoisotopic (exact) mass is 421 g/mol. The minimum absolute atomic E-state index is 0.171. The molecule has 0 atom stereocenters. The van der Waals surface area contributed by atoms with Gasteiger partial charge in [0.2, 0.25) is 12.7 Å². The van der Waals surface area contributed by atoms with Crippen molar-refractivity contribution in [2.45, 2.75) is 41.2 Å². The fraction of sp³-hybridized carbons (Fsp3) is 0.320. The van der Waals surface area contributed by atoms with Gasteiger partial charge in [-0.15, -0.1) is 0 Å². The molecular formula is C25H27NO5. The lowest BCUT2D eigenvalue weighted by Gasteiger charge is -2.14. The van der Waals surface area contributed by atoms with Crippen molar-refractivity contribution in [2.24, 2.45) is 0 Å². The van der Waals surface area contributed by atoms with Gasteiger partial charge in [-0.3, -0.25) is 4.79 Å². The maximum absolute atomic E-state index is 12.6. The van der Waals surface area contributed by atoms with Crippen molar-refractivity contribution in [3.05, 3.63) is 58.4 Å². The van der Waals surface area contributed by atoms with Crippen molar-refractivity contribution in [1.29, 1.82) is 0 Å². The first-order valence-electron chi connectivity index (χ1n) is 10.4. The predicted octanol–water partition coefficient (Wildman–Crippen LogP) is 5.21. The van der Waals surface area contributed by atoms with Gasteiger partial charge in [-0.1, -0.05) is 6.07 Å². The van der Waals surface area contributed by atoms with Gasteiger partial charge in [0.15, 0.2) is 11.5 Å². The van der Waals surface area contributed by atoms with E-state index in [9.17, 15) is 4.79 Å². The van der Waals surface area contributed by atoms with Crippen LogP contribution in [0.3, 0.4) is 0 Å². The number of benzene rings is 2. The lowest BCUT2D eigenvalue weighted by molar-refractivity contribution is -0.116. The van der Waals surface area contributed by atoms with Crippen LogP contribution in [0.15, 0.2) is 34.8 Å². The standard InChI is InChI=1S/C25H27NO5/c1-6-28-24-16(4)25-20(15(3)17(5)31-25)11-19(24)14(2)9-23(27)26-12-18-7-8-21-22(10-18)30-13-29-21/h7-11H,6,12-13H2,1-5H3,(H,26,27)/b14-9+. The van der Waals surface area contributed by atoms with E-state index in [2.05, 4.69) is 11.4 Å². The third-order valence-corrected chi connectivity index (χ3v) is 5.61. The van der Waals surface area contributed by atoms with Gasteiger partial charge in [0.05, 0.1) is 6.61 Å². The molecule has 3 aromatic rings. The number of nitrogens with one attached hydrogen (secondary N) is 1. The van der Waals surface area contributed by atoms with Crippen LogP contribution >= 0.6 is 0 Å². The molecule has 6 heteroatoms. The van der Waals surface area contributed by atoms with E-state index in [0.717, 1.165) is 56.1 Å². The number of aryl methyl sites for hydroxylation is 3. The molecule has 0 saturated carbocycles. The Hall–Kier alpha value is -3.41. The molecule has 0 spiro atoms. The lowest BCUT2D eigenvalue weighted by atomic mass is 9.98. The second kappa shape index (κ2) is 8.38. The smallest absolute Gasteiger partial charge is 0.244 e. The Bertz CT molecular complexity index is 1190. The van der Waals surface area contributed by atoms with Gasteiger partial charge in [0.1, 0.15) is 17.1 Å². The quantitative estimate of drug-likeness (QED) is 0.554. The Morgan fingerprint density at radius 2 is 1.90 bits per heavy atom. The van der Waals surface area contributed by atoms with Gasteiger partial charge in [0.25, 0.3) is 0 Å². The third-order valence-electron chi connectivity index (χ3n) is 5.61. The Morgan fingerprint density at radius 3 is 2.68 bits per heavy atom. The highest BCUT2D eigenvalue weighted by Crippen LogP contribution is 2.39. The molecule has 0 radical (unpaired) electrons. The number of ether oxygens (including phenoxy) is 3. The summed E-state index contributed by atoms with van der Waals surface area (Å²) >= 11 is 0. The Labute approximate surface area is 181 Å². The summed E-state index contributed by atoms with van der Waals surface area (Å²) in [6.45, 7) is 11.0. The fourth-order valence-corrected chi connectivity index (χ4v) is 3.80. The van der Waals surface area contributed by atoms with E-state index in [1.807, 2.05) is 52.8 Å². The van der Waals surface area contributed by atoms with Crippen LogP contribution in [-0.2, 0) is 11.3 Å². The van der Waals surface area contributed by atoms with Crippen LogP contribution in [0.2, 0.25) is 0 Å². The predicted molar refractivity (Wildman–Crippen MR) is 120 cm³/mol. The van der Waals surface area contributed by atoms with Gasteiger partial charge in [-0.2, -0.15) is 0 Å². The van der Waals surface area contributed by atoms with Crippen LogP contribution in [-0.4, -0.2) is 19.3 Å². The van der Waals surface area contributed by atoms with Crippen molar-refractivity contribution < 1.29 is 23.4 Å². The van der Waals surface area contributed by atoms with E-state index in [4.69, 9.17) is 18.6 Å². The minimum atomic E-state index is -0.171. The molecule has 1 aliphatic rings. The van der Waals surface area contributed by atoms with E-state index in [-0.39, 0.29) is 12.7 Å². The van der Waals surface area contributed by atoms with E-state index < -0.39 is 0 Å². The summed E-state index contributed by atoms with van der Waals surface area (Å²) in [4.78, 5) is 12.6. The molecular weight excluding hydrogens is 394 g/mol. The van der Waals surface area contributed by atoms with Crippen LogP contribution in [0.1, 0.15) is 41.9 Å². The molecule has 0 saturated heterocycles. The number of allylic oxidation sites excluding steroid dienone is 1. The lowest BCUT2D eigenvalue weighted by Crippen LogP contribution is -2.20. The fourth-order valence-electron chi connectivity index (χ4n) is 3.80.